The van der Waals surface area contributed by atoms with Crippen molar-refractivity contribution in [2.45, 2.75) is 33.2 Å². The molecular formula is C22H22ClFN4O4. The summed E-state index contributed by atoms with van der Waals surface area (Å²) >= 11 is 6.25. The van der Waals surface area contributed by atoms with Gasteiger partial charge in [0, 0.05) is 11.9 Å². The molecule has 1 amide bonds. The van der Waals surface area contributed by atoms with Crippen molar-refractivity contribution in [2.24, 2.45) is 0 Å². The third-order valence-electron chi connectivity index (χ3n) is 4.75. The standard InChI is InChI=1S/C22H22ClFN4O4/c1-12(2)16-9-14(5-7-17(16)23)11-27-21(30)20(32-4)26-28(22(27)31)15-6-8-18(24)19(10-15)25-13(3)29/h5-10,12H,11H2,1-4H3,(H,25,29). The molecule has 1 heterocycles. The fraction of sp³-hybridized carbons (Fsp3) is 0.273. The highest BCUT2D eigenvalue weighted by Gasteiger charge is 2.17. The Morgan fingerprint density at radius 2 is 1.94 bits per heavy atom. The predicted octanol–water partition coefficient (Wildman–Crippen LogP) is 3.33. The number of halogens is 2. The van der Waals surface area contributed by atoms with Gasteiger partial charge in [-0.15, -0.1) is 5.10 Å². The van der Waals surface area contributed by atoms with Crippen LogP contribution < -0.4 is 21.3 Å². The molecule has 0 radical (unpaired) electrons. The molecule has 32 heavy (non-hydrogen) atoms. The summed E-state index contributed by atoms with van der Waals surface area (Å²) in [6.07, 6.45) is 0. The van der Waals surface area contributed by atoms with Crippen molar-refractivity contribution in [3.8, 4) is 11.6 Å². The van der Waals surface area contributed by atoms with E-state index in [0.717, 1.165) is 20.9 Å². The Balaban J connectivity index is 2.16. The monoisotopic (exact) mass is 460 g/mol. The van der Waals surface area contributed by atoms with Crippen LogP contribution in [-0.2, 0) is 11.3 Å². The maximum Gasteiger partial charge on any atom is 0.352 e. The zero-order valence-electron chi connectivity index (χ0n) is 18.0. The van der Waals surface area contributed by atoms with Crippen LogP contribution in [0.2, 0.25) is 5.02 Å². The average Bonchev–Trinajstić information content (AvgIpc) is 2.73. The van der Waals surface area contributed by atoms with Crippen molar-refractivity contribution < 1.29 is 13.9 Å². The Kier molecular flexibility index (Phi) is 6.78. The molecule has 1 N–H and O–H groups in total. The van der Waals surface area contributed by atoms with Crippen LogP contribution in [0.25, 0.3) is 5.69 Å². The number of nitrogens with zero attached hydrogens (tertiary/aromatic N) is 3. The molecule has 3 rings (SSSR count). The maximum atomic E-state index is 14.0. The summed E-state index contributed by atoms with van der Waals surface area (Å²) in [5, 5.41) is 6.91. The molecule has 2 aromatic carbocycles. The molecule has 0 saturated heterocycles. The van der Waals surface area contributed by atoms with Gasteiger partial charge in [-0.1, -0.05) is 37.6 Å². The maximum absolute atomic E-state index is 14.0. The van der Waals surface area contributed by atoms with E-state index in [0.29, 0.717) is 10.6 Å². The number of methoxy groups -OCH3 is 1. The van der Waals surface area contributed by atoms with E-state index in [1.807, 2.05) is 19.9 Å². The second-order valence-corrected chi connectivity index (χ2v) is 7.86. The molecule has 0 unspecified atom stereocenters. The van der Waals surface area contributed by atoms with Crippen LogP contribution in [0.15, 0.2) is 46.0 Å². The number of amides is 1. The first kappa shape index (κ1) is 23.2. The van der Waals surface area contributed by atoms with E-state index in [4.69, 9.17) is 16.3 Å². The summed E-state index contributed by atoms with van der Waals surface area (Å²) in [5.41, 5.74) is 0.134. The number of carbonyl (C=O) groups is 1. The average molecular weight is 461 g/mol. The van der Waals surface area contributed by atoms with Crippen LogP contribution >= 0.6 is 11.6 Å². The van der Waals surface area contributed by atoms with E-state index in [1.165, 1.54) is 26.2 Å². The second kappa shape index (κ2) is 9.35. The summed E-state index contributed by atoms with van der Waals surface area (Å²) < 4.78 is 21.0. The van der Waals surface area contributed by atoms with Crippen LogP contribution in [0.1, 0.15) is 37.8 Å². The third-order valence-corrected chi connectivity index (χ3v) is 5.10. The lowest BCUT2D eigenvalue weighted by Gasteiger charge is -2.14. The molecule has 0 spiro atoms. The van der Waals surface area contributed by atoms with Crippen molar-refractivity contribution in [1.29, 1.82) is 0 Å². The smallest absolute Gasteiger partial charge is 0.352 e. The summed E-state index contributed by atoms with van der Waals surface area (Å²) in [4.78, 5) is 37.3. The normalized spacial score (nSPS) is 11.0. The Morgan fingerprint density at radius 3 is 2.56 bits per heavy atom. The van der Waals surface area contributed by atoms with E-state index >= 15 is 0 Å². The highest BCUT2D eigenvalue weighted by atomic mass is 35.5. The molecule has 10 heteroatoms. The quantitative estimate of drug-likeness (QED) is 0.608. The Hall–Kier alpha value is -3.46. The van der Waals surface area contributed by atoms with Gasteiger partial charge >= 0.3 is 11.2 Å². The van der Waals surface area contributed by atoms with Gasteiger partial charge in [0.2, 0.25) is 5.91 Å². The first-order valence-corrected chi connectivity index (χ1v) is 10.1. The molecule has 3 aromatic rings. The van der Waals surface area contributed by atoms with Crippen molar-refractivity contribution in [3.63, 3.8) is 0 Å². The lowest BCUT2D eigenvalue weighted by molar-refractivity contribution is -0.114. The van der Waals surface area contributed by atoms with Gasteiger partial charge in [-0.3, -0.25) is 9.59 Å². The van der Waals surface area contributed by atoms with Gasteiger partial charge in [0.15, 0.2) is 0 Å². The molecular weight excluding hydrogens is 439 g/mol. The van der Waals surface area contributed by atoms with E-state index in [9.17, 15) is 18.8 Å². The minimum Gasteiger partial charge on any atom is -0.476 e. The highest BCUT2D eigenvalue weighted by Crippen LogP contribution is 2.25. The van der Waals surface area contributed by atoms with Crippen molar-refractivity contribution in [2.75, 3.05) is 12.4 Å². The van der Waals surface area contributed by atoms with Crippen LogP contribution in [-0.4, -0.2) is 27.4 Å². The van der Waals surface area contributed by atoms with Crippen molar-refractivity contribution in [1.82, 2.24) is 14.3 Å². The van der Waals surface area contributed by atoms with Crippen LogP contribution in [0.5, 0.6) is 5.88 Å². The summed E-state index contributed by atoms with van der Waals surface area (Å²) in [7, 11) is 1.26. The van der Waals surface area contributed by atoms with Gasteiger partial charge in [0.05, 0.1) is 25.0 Å². The molecule has 0 aliphatic rings. The second-order valence-electron chi connectivity index (χ2n) is 7.45. The molecule has 0 atom stereocenters. The summed E-state index contributed by atoms with van der Waals surface area (Å²) in [5.74, 6) is -1.32. The van der Waals surface area contributed by atoms with Crippen LogP contribution in [0, 0.1) is 5.82 Å². The van der Waals surface area contributed by atoms with E-state index < -0.39 is 23.0 Å². The molecule has 1 aromatic heterocycles. The molecule has 0 bridgehead atoms. The minimum absolute atomic E-state index is 0.0484. The van der Waals surface area contributed by atoms with E-state index in [-0.39, 0.29) is 29.7 Å². The van der Waals surface area contributed by atoms with Gasteiger partial charge in [-0.25, -0.2) is 13.8 Å². The summed E-state index contributed by atoms with van der Waals surface area (Å²) in [6, 6.07) is 8.92. The number of nitrogens with one attached hydrogen (secondary N) is 1. The molecule has 8 nitrogen and oxygen atoms in total. The fourth-order valence-corrected chi connectivity index (χ4v) is 3.51. The molecule has 0 fully saturated rings. The number of carbonyl (C=O) groups excluding carboxylic acids is 1. The van der Waals surface area contributed by atoms with E-state index in [2.05, 4.69) is 10.4 Å². The largest absolute Gasteiger partial charge is 0.476 e. The SMILES string of the molecule is COc1nn(-c2ccc(F)c(NC(C)=O)c2)c(=O)n(Cc2ccc(Cl)c(C(C)C)c2)c1=O. The Morgan fingerprint density at radius 1 is 1.22 bits per heavy atom. The first-order valence-electron chi connectivity index (χ1n) is 9.76. The zero-order chi connectivity index (χ0) is 23.6. The Labute approximate surface area is 188 Å². The van der Waals surface area contributed by atoms with Gasteiger partial charge < -0.3 is 10.1 Å². The first-order chi connectivity index (χ1) is 15.1. The van der Waals surface area contributed by atoms with Gasteiger partial charge in [0.25, 0.3) is 5.88 Å². The number of hydrogen-bond acceptors (Lipinski definition) is 5. The predicted molar refractivity (Wildman–Crippen MR) is 120 cm³/mol. The van der Waals surface area contributed by atoms with Crippen molar-refractivity contribution in [3.05, 3.63) is 79.2 Å². The van der Waals surface area contributed by atoms with Gasteiger partial charge in [0.1, 0.15) is 5.82 Å². The third kappa shape index (κ3) is 4.72. The number of ether oxygens (including phenoxy) is 1. The molecule has 0 saturated carbocycles. The number of benzene rings is 2. The fourth-order valence-electron chi connectivity index (χ4n) is 3.18. The Bertz CT molecular complexity index is 1300. The van der Waals surface area contributed by atoms with Crippen molar-refractivity contribution >= 4 is 23.2 Å². The topological polar surface area (TPSA) is 95.2 Å². The number of hydrogen-bond donors (Lipinski definition) is 1. The molecule has 0 aliphatic carbocycles. The van der Waals surface area contributed by atoms with Gasteiger partial charge in [-0.05, 0) is 41.3 Å². The minimum atomic E-state index is -0.753. The van der Waals surface area contributed by atoms with Crippen LogP contribution in [0.3, 0.4) is 0 Å². The van der Waals surface area contributed by atoms with Gasteiger partial charge in [-0.2, -0.15) is 4.68 Å². The number of rotatable bonds is 6. The lowest BCUT2D eigenvalue weighted by Crippen LogP contribution is -2.41. The number of anilines is 1. The zero-order valence-corrected chi connectivity index (χ0v) is 18.7. The summed E-state index contributed by atoms with van der Waals surface area (Å²) in [6.45, 7) is 5.16. The molecule has 0 aliphatic heterocycles. The van der Waals surface area contributed by atoms with E-state index in [1.54, 1.807) is 12.1 Å². The highest BCUT2D eigenvalue weighted by molar-refractivity contribution is 6.31. The number of aromatic nitrogens is 3. The van der Waals surface area contributed by atoms with Crippen LogP contribution in [0.4, 0.5) is 10.1 Å². The molecule has 168 valence electrons. The lowest BCUT2D eigenvalue weighted by atomic mass is 10.0.